The van der Waals surface area contributed by atoms with Crippen molar-refractivity contribution in [3.8, 4) is 11.1 Å². The monoisotopic (exact) mass is 426 g/mol. The van der Waals surface area contributed by atoms with Crippen molar-refractivity contribution >= 4 is 11.6 Å². The molecule has 0 N–H and O–H groups in total. The number of benzene rings is 1. The first-order valence-electron chi connectivity index (χ1n) is 12.3. The van der Waals surface area contributed by atoms with Gasteiger partial charge in [-0.25, -0.2) is 9.97 Å². The van der Waals surface area contributed by atoms with Crippen molar-refractivity contribution in [2.75, 3.05) is 0 Å². The molecule has 0 spiro atoms. The molecule has 0 aliphatic heterocycles. The van der Waals surface area contributed by atoms with Gasteiger partial charge < -0.3 is 0 Å². The molecule has 1 aliphatic carbocycles. The molecule has 2 nitrogen and oxygen atoms in total. The third-order valence-corrected chi connectivity index (χ3v) is 7.09. The molecule has 0 radical (unpaired) electrons. The van der Waals surface area contributed by atoms with E-state index in [1.807, 2.05) is 0 Å². The molecule has 0 saturated heterocycles. The minimum absolute atomic E-state index is 0.300. The second-order valence-electron chi connectivity index (χ2n) is 9.20. The van der Waals surface area contributed by atoms with Crippen LogP contribution in [0.15, 0.2) is 36.7 Å². The Balaban J connectivity index is 1.31. The average molecular weight is 427 g/mol. The highest BCUT2D eigenvalue weighted by Gasteiger charge is 2.22. The summed E-state index contributed by atoms with van der Waals surface area (Å²) in [5, 5.41) is 0.300. The van der Waals surface area contributed by atoms with Crippen LogP contribution in [-0.4, -0.2) is 9.97 Å². The van der Waals surface area contributed by atoms with E-state index in [2.05, 4.69) is 41.2 Å². The van der Waals surface area contributed by atoms with Crippen LogP contribution in [0, 0.1) is 5.92 Å². The standard InChI is InChI=1S/C27H39ClN2/c1-2-3-4-5-6-7-8-9-10-11-22-12-14-23(15-13-22)24-16-18-25(19-17-24)26-20-29-27(28)30-21-26/h16-23H,2-15H2,1H3/t22-,23-. The molecule has 1 aromatic carbocycles. The molecule has 0 atom stereocenters. The van der Waals surface area contributed by atoms with E-state index in [1.165, 1.54) is 95.5 Å². The highest BCUT2D eigenvalue weighted by molar-refractivity contribution is 6.28. The number of halogens is 1. The lowest BCUT2D eigenvalue weighted by Crippen LogP contribution is -2.13. The Bertz CT molecular complexity index is 703. The van der Waals surface area contributed by atoms with E-state index in [-0.39, 0.29) is 0 Å². The maximum atomic E-state index is 5.79. The third-order valence-electron chi connectivity index (χ3n) is 6.90. The van der Waals surface area contributed by atoms with Crippen LogP contribution in [0.1, 0.15) is 108 Å². The van der Waals surface area contributed by atoms with Crippen LogP contribution in [0.5, 0.6) is 0 Å². The zero-order valence-corrected chi connectivity index (χ0v) is 19.5. The minimum Gasteiger partial charge on any atom is -0.226 e. The molecule has 1 aromatic heterocycles. The van der Waals surface area contributed by atoms with Crippen LogP contribution >= 0.6 is 11.6 Å². The van der Waals surface area contributed by atoms with Crippen LogP contribution < -0.4 is 0 Å². The summed E-state index contributed by atoms with van der Waals surface area (Å²) in [4.78, 5) is 8.17. The number of unbranched alkanes of at least 4 members (excludes halogenated alkanes) is 8. The fraction of sp³-hybridized carbons (Fsp3) is 0.630. The van der Waals surface area contributed by atoms with Crippen molar-refractivity contribution in [3.05, 3.63) is 47.5 Å². The van der Waals surface area contributed by atoms with Crippen molar-refractivity contribution in [3.63, 3.8) is 0 Å². The molecule has 1 fully saturated rings. The molecule has 3 rings (SSSR count). The lowest BCUT2D eigenvalue weighted by atomic mass is 9.77. The van der Waals surface area contributed by atoms with Crippen LogP contribution in [0.25, 0.3) is 11.1 Å². The van der Waals surface area contributed by atoms with Gasteiger partial charge in [0.25, 0.3) is 0 Å². The lowest BCUT2D eigenvalue weighted by molar-refractivity contribution is 0.302. The first kappa shape index (κ1) is 23.3. The second kappa shape index (κ2) is 13.1. The van der Waals surface area contributed by atoms with Gasteiger partial charge in [0.05, 0.1) is 0 Å². The van der Waals surface area contributed by atoms with Crippen LogP contribution in [0.2, 0.25) is 5.28 Å². The predicted molar refractivity (Wildman–Crippen MR) is 129 cm³/mol. The number of hydrogen-bond donors (Lipinski definition) is 0. The quantitative estimate of drug-likeness (QED) is 0.250. The van der Waals surface area contributed by atoms with E-state index < -0.39 is 0 Å². The molecule has 3 heteroatoms. The largest absolute Gasteiger partial charge is 0.226 e. The summed E-state index contributed by atoms with van der Waals surface area (Å²) in [5.74, 6) is 1.70. The first-order chi connectivity index (χ1) is 14.8. The predicted octanol–water partition coefficient (Wildman–Crippen LogP) is 8.99. The van der Waals surface area contributed by atoms with E-state index in [0.717, 1.165) is 23.0 Å². The molecule has 0 bridgehead atoms. The maximum Gasteiger partial charge on any atom is 0.222 e. The topological polar surface area (TPSA) is 25.8 Å². The fourth-order valence-electron chi connectivity index (χ4n) is 4.94. The molecular weight excluding hydrogens is 388 g/mol. The molecule has 0 amide bonds. The summed E-state index contributed by atoms with van der Waals surface area (Å²) in [6.07, 6.45) is 23.5. The van der Waals surface area contributed by atoms with Crippen molar-refractivity contribution < 1.29 is 0 Å². The van der Waals surface area contributed by atoms with E-state index in [9.17, 15) is 0 Å². The molecule has 164 valence electrons. The van der Waals surface area contributed by atoms with Crippen molar-refractivity contribution in [1.29, 1.82) is 0 Å². The zero-order chi connectivity index (χ0) is 21.0. The van der Waals surface area contributed by atoms with Gasteiger partial charge in [0.1, 0.15) is 0 Å². The summed E-state index contributed by atoms with van der Waals surface area (Å²) in [7, 11) is 0. The number of hydrogen-bond acceptors (Lipinski definition) is 2. The van der Waals surface area contributed by atoms with E-state index in [0.29, 0.717) is 5.28 Å². The van der Waals surface area contributed by atoms with Crippen LogP contribution in [-0.2, 0) is 0 Å². The van der Waals surface area contributed by atoms with Crippen molar-refractivity contribution in [1.82, 2.24) is 9.97 Å². The fourth-order valence-corrected chi connectivity index (χ4v) is 5.03. The molecule has 0 unspecified atom stereocenters. The van der Waals surface area contributed by atoms with E-state index in [4.69, 9.17) is 11.6 Å². The zero-order valence-electron chi connectivity index (χ0n) is 18.8. The molecular formula is C27H39ClN2. The molecule has 1 saturated carbocycles. The van der Waals surface area contributed by atoms with Gasteiger partial charge in [-0.2, -0.15) is 0 Å². The van der Waals surface area contributed by atoms with E-state index in [1.54, 1.807) is 12.4 Å². The SMILES string of the molecule is CCCCCCCCCCC[C@H]1CC[C@H](c2ccc(-c3cnc(Cl)nc3)cc2)CC1. The molecule has 30 heavy (non-hydrogen) atoms. The van der Waals surface area contributed by atoms with Crippen molar-refractivity contribution in [2.24, 2.45) is 5.92 Å². The number of aromatic nitrogens is 2. The Hall–Kier alpha value is -1.41. The Kier molecular flexibility index (Phi) is 10.2. The van der Waals surface area contributed by atoms with E-state index >= 15 is 0 Å². The van der Waals surface area contributed by atoms with Gasteiger partial charge in [-0.1, -0.05) is 95.4 Å². The Morgan fingerprint density at radius 3 is 1.90 bits per heavy atom. The highest BCUT2D eigenvalue weighted by atomic mass is 35.5. The lowest BCUT2D eigenvalue weighted by Gasteiger charge is -2.29. The van der Waals surface area contributed by atoms with Gasteiger partial charge in [0.15, 0.2) is 0 Å². The number of nitrogens with zero attached hydrogens (tertiary/aromatic N) is 2. The van der Waals surface area contributed by atoms with Gasteiger partial charge in [0.2, 0.25) is 5.28 Å². The van der Waals surface area contributed by atoms with Crippen LogP contribution in [0.4, 0.5) is 0 Å². The summed E-state index contributed by atoms with van der Waals surface area (Å²) in [6.45, 7) is 2.29. The Labute approximate surface area is 188 Å². The van der Waals surface area contributed by atoms with Crippen molar-refractivity contribution in [2.45, 2.75) is 103 Å². The summed E-state index contributed by atoms with van der Waals surface area (Å²) in [6, 6.07) is 9.01. The Morgan fingerprint density at radius 2 is 1.30 bits per heavy atom. The van der Waals surface area contributed by atoms with Gasteiger partial charge in [0, 0.05) is 18.0 Å². The number of rotatable bonds is 12. The smallest absolute Gasteiger partial charge is 0.222 e. The minimum atomic E-state index is 0.300. The van der Waals surface area contributed by atoms with Gasteiger partial charge >= 0.3 is 0 Å². The second-order valence-corrected chi connectivity index (χ2v) is 9.54. The van der Waals surface area contributed by atoms with Gasteiger partial charge in [-0.3, -0.25) is 0 Å². The molecule has 1 heterocycles. The third kappa shape index (κ3) is 7.69. The first-order valence-corrected chi connectivity index (χ1v) is 12.7. The summed E-state index contributed by atoms with van der Waals surface area (Å²) >= 11 is 5.79. The molecule has 2 aromatic rings. The summed E-state index contributed by atoms with van der Waals surface area (Å²) < 4.78 is 0. The average Bonchev–Trinajstić information content (AvgIpc) is 2.79. The summed E-state index contributed by atoms with van der Waals surface area (Å²) in [5.41, 5.74) is 3.68. The highest BCUT2D eigenvalue weighted by Crippen LogP contribution is 2.38. The van der Waals surface area contributed by atoms with Crippen LogP contribution in [0.3, 0.4) is 0 Å². The normalized spacial score (nSPS) is 19.1. The molecule has 1 aliphatic rings. The van der Waals surface area contributed by atoms with Gasteiger partial charge in [-0.05, 0) is 60.2 Å². The maximum absolute atomic E-state index is 5.79. The van der Waals surface area contributed by atoms with Gasteiger partial charge in [-0.15, -0.1) is 0 Å². The Morgan fingerprint density at radius 1 is 0.733 bits per heavy atom.